The highest BCUT2D eigenvalue weighted by Crippen LogP contribution is 2.35. The van der Waals surface area contributed by atoms with Crippen LogP contribution in [0, 0.1) is 11.6 Å². The Morgan fingerprint density at radius 1 is 1.29 bits per heavy atom. The molecular weight excluding hydrogens is 414 g/mol. The molecule has 2 atom stereocenters. The highest BCUT2D eigenvalue weighted by Gasteiger charge is 2.37. The Labute approximate surface area is 176 Å². The van der Waals surface area contributed by atoms with Crippen molar-refractivity contribution in [1.82, 2.24) is 20.2 Å². The van der Waals surface area contributed by atoms with Gasteiger partial charge in [0.1, 0.15) is 12.1 Å². The van der Waals surface area contributed by atoms with Crippen molar-refractivity contribution in [3.63, 3.8) is 0 Å². The largest absolute Gasteiger partial charge is 0.469 e. The number of aromatic nitrogens is 2. The number of carbonyl (C=O) groups is 3. The van der Waals surface area contributed by atoms with Crippen LogP contribution in [0.15, 0.2) is 24.5 Å². The van der Waals surface area contributed by atoms with Crippen LogP contribution >= 0.6 is 0 Å². The molecule has 0 fully saturated rings. The van der Waals surface area contributed by atoms with Crippen molar-refractivity contribution in [2.24, 2.45) is 0 Å². The molecule has 0 spiro atoms. The topological polar surface area (TPSA) is 114 Å². The number of rotatable bonds is 6. The average molecular weight is 436 g/mol. The van der Waals surface area contributed by atoms with Crippen molar-refractivity contribution in [3.8, 4) is 0 Å². The summed E-state index contributed by atoms with van der Waals surface area (Å²) in [6.45, 7) is 0.159. The molecule has 0 bridgehead atoms. The fourth-order valence-electron chi connectivity index (χ4n) is 3.53. The van der Waals surface area contributed by atoms with Gasteiger partial charge in [-0.2, -0.15) is 0 Å². The number of H-pyrrole nitrogens is 1. The number of amides is 2. The van der Waals surface area contributed by atoms with Crippen LogP contribution in [0.3, 0.4) is 0 Å². The molecule has 2 N–H and O–H groups in total. The normalized spacial score (nSPS) is 16.3. The predicted molar refractivity (Wildman–Crippen MR) is 103 cm³/mol. The fourth-order valence-corrected chi connectivity index (χ4v) is 3.53. The summed E-state index contributed by atoms with van der Waals surface area (Å²) in [6.07, 6.45) is 1.65. The SMILES string of the molecule is COC(=O)CC[C@@H](NC(=O)N1CCc2[nH]cnc2[C@H]1c1cccc(F)c1F)C(=O)OC. The summed E-state index contributed by atoms with van der Waals surface area (Å²) in [5, 5.41) is 2.52. The van der Waals surface area contributed by atoms with E-state index in [-0.39, 0.29) is 24.9 Å². The van der Waals surface area contributed by atoms with Crippen molar-refractivity contribution < 1.29 is 32.6 Å². The van der Waals surface area contributed by atoms with E-state index in [1.807, 2.05) is 0 Å². The van der Waals surface area contributed by atoms with E-state index in [9.17, 15) is 23.2 Å². The molecule has 1 aromatic carbocycles. The molecule has 2 aromatic rings. The van der Waals surface area contributed by atoms with Gasteiger partial charge in [0.05, 0.1) is 26.2 Å². The molecule has 0 saturated heterocycles. The van der Waals surface area contributed by atoms with Gasteiger partial charge in [-0.05, 0) is 12.5 Å². The zero-order valence-corrected chi connectivity index (χ0v) is 17.0. The van der Waals surface area contributed by atoms with Gasteiger partial charge in [0.15, 0.2) is 11.6 Å². The summed E-state index contributed by atoms with van der Waals surface area (Å²) in [7, 11) is 2.36. The number of nitrogens with zero attached hydrogens (tertiary/aromatic N) is 2. The Morgan fingerprint density at radius 3 is 2.77 bits per heavy atom. The van der Waals surface area contributed by atoms with E-state index in [4.69, 9.17) is 4.74 Å². The standard InChI is InChI=1S/C20H22F2N4O5/c1-30-15(27)7-6-14(19(28)31-2)25-20(29)26-9-8-13-17(24-10-23-13)18(26)11-4-3-5-12(21)16(11)22/h3-5,10,14,18H,6-9H2,1-2H3,(H,23,24)(H,25,29)/t14-,18-/m1/s1. The van der Waals surface area contributed by atoms with Crippen molar-refractivity contribution >= 4 is 18.0 Å². The molecule has 2 heterocycles. The summed E-state index contributed by atoms with van der Waals surface area (Å²) in [5.41, 5.74) is 1.02. The number of nitrogens with one attached hydrogen (secondary N) is 2. The van der Waals surface area contributed by atoms with Gasteiger partial charge in [0.25, 0.3) is 0 Å². The maximum Gasteiger partial charge on any atom is 0.328 e. The number of carbonyl (C=O) groups excluding carboxylic acids is 3. The number of aromatic amines is 1. The second-order valence-electron chi connectivity index (χ2n) is 6.90. The van der Waals surface area contributed by atoms with Crippen LogP contribution in [0.1, 0.15) is 35.8 Å². The van der Waals surface area contributed by atoms with Crippen molar-refractivity contribution in [3.05, 3.63) is 53.1 Å². The van der Waals surface area contributed by atoms with E-state index in [0.29, 0.717) is 17.8 Å². The van der Waals surface area contributed by atoms with E-state index >= 15 is 0 Å². The number of fused-ring (bicyclic) bond motifs is 1. The Morgan fingerprint density at radius 2 is 2.06 bits per heavy atom. The van der Waals surface area contributed by atoms with Crippen LogP contribution in [-0.2, 0) is 25.5 Å². The van der Waals surface area contributed by atoms with E-state index in [0.717, 1.165) is 13.2 Å². The Balaban J connectivity index is 1.89. The van der Waals surface area contributed by atoms with Gasteiger partial charge in [-0.1, -0.05) is 12.1 Å². The Kier molecular flexibility index (Phi) is 6.83. The highest BCUT2D eigenvalue weighted by atomic mass is 19.2. The number of hydrogen-bond acceptors (Lipinski definition) is 6. The number of halogens is 2. The van der Waals surface area contributed by atoms with Crippen LogP contribution in [0.4, 0.5) is 13.6 Å². The first kappa shape index (κ1) is 22.2. The molecule has 1 aromatic heterocycles. The zero-order valence-electron chi connectivity index (χ0n) is 17.0. The average Bonchev–Trinajstić information content (AvgIpc) is 3.26. The van der Waals surface area contributed by atoms with Crippen LogP contribution in [0.25, 0.3) is 0 Å². The monoisotopic (exact) mass is 436 g/mol. The zero-order chi connectivity index (χ0) is 22.5. The van der Waals surface area contributed by atoms with Gasteiger partial charge < -0.3 is 24.7 Å². The lowest BCUT2D eigenvalue weighted by Crippen LogP contribution is -2.51. The van der Waals surface area contributed by atoms with E-state index < -0.39 is 41.7 Å². The van der Waals surface area contributed by atoms with Gasteiger partial charge in [0, 0.05) is 30.6 Å². The number of imidazole rings is 1. The number of ether oxygens (including phenoxy) is 2. The van der Waals surface area contributed by atoms with Crippen LogP contribution in [-0.4, -0.2) is 59.6 Å². The minimum absolute atomic E-state index is 0.0500. The lowest BCUT2D eigenvalue weighted by Gasteiger charge is -2.36. The minimum Gasteiger partial charge on any atom is -0.469 e. The number of urea groups is 1. The van der Waals surface area contributed by atoms with Gasteiger partial charge in [-0.3, -0.25) is 4.79 Å². The Hall–Kier alpha value is -3.50. The summed E-state index contributed by atoms with van der Waals surface area (Å²) in [4.78, 5) is 45.1. The van der Waals surface area contributed by atoms with Gasteiger partial charge in [-0.15, -0.1) is 0 Å². The second-order valence-corrected chi connectivity index (χ2v) is 6.90. The quantitative estimate of drug-likeness (QED) is 0.668. The fraction of sp³-hybridized carbons (Fsp3) is 0.400. The first-order valence-corrected chi connectivity index (χ1v) is 9.55. The summed E-state index contributed by atoms with van der Waals surface area (Å²) < 4.78 is 37.8. The molecule has 1 aliphatic heterocycles. The predicted octanol–water partition coefficient (Wildman–Crippen LogP) is 1.84. The molecular formula is C20H22F2N4O5. The van der Waals surface area contributed by atoms with Gasteiger partial charge in [-0.25, -0.2) is 23.4 Å². The van der Waals surface area contributed by atoms with E-state index in [2.05, 4.69) is 20.0 Å². The molecule has 0 saturated carbocycles. The molecule has 31 heavy (non-hydrogen) atoms. The minimum atomic E-state index is -1.13. The summed E-state index contributed by atoms with van der Waals surface area (Å²) in [6, 6.07) is 0.862. The lowest BCUT2D eigenvalue weighted by molar-refractivity contribution is -0.144. The molecule has 0 unspecified atom stereocenters. The van der Waals surface area contributed by atoms with Crippen LogP contribution in [0.5, 0.6) is 0 Å². The number of esters is 2. The maximum atomic E-state index is 14.6. The van der Waals surface area contributed by atoms with Crippen molar-refractivity contribution in [2.75, 3.05) is 20.8 Å². The third-order valence-corrected chi connectivity index (χ3v) is 5.11. The maximum absolute atomic E-state index is 14.6. The number of benzene rings is 1. The molecule has 166 valence electrons. The summed E-state index contributed by atoms with van der Waals surface area (Å²) >= 11 is 0. The molecule has 11 heteroatoms. The van der Waals surface area contributed by atoms with E-state index in [1.165, 1.54) is 30.5 Å². The first-order chi connectivity index (χ1) is 14.9. The highest BCUT2D eigenvalue weighted by molar-refractivity contribution is 5.84. The molecule has 1 aliphatic rings. The summed E-state index contributed by atoms with van der Waals surface area (Å²) in [5.74, 6) is -3.44. The second kappa shape index (κ2) is 9.54. The number of methoxy groups -OCH3 is 2. The Bertz CT molecular complexity index is 980. The van der Waals surface area contributed by atoms with Crippen LogP contribution in [0.2, 0.25) is 0 Å². The van der Waals surface area contributed by atoms with Gasteiger partial charge >= 0.3 is 18.0 Å². The van der Waals surface area contributed by atoms with E-state index in [1.54, 1.807) is 0 Å². The molecule has 0 aliphatic carbocycles. The lowest BCUT2D eigenvalue weighted by atomic mass is 9.95. The third kappa shape index (κ3) is 4.65. The van der Waals surface area contributed by atoms with Crippen molar-refractivity contribution in [1.29, 1.82) is 0 Å². The molecule has 9 nitrogen and oxygen atoms in total. The molecule has 0 radical (unpaired) electrons. The smallest absolute Gasteiger partial charge is 0.328 e. The van der Waals surface area contributed by atoms with Crippen molar-refractivity contribution in [2.45, 2.75) is 31.3 Å². The third-order valence-electron chi connectivity index (χ3n) is 5.11. The molecule has 3 rings (SSSR count). The first-order valence-electron chi connectivity index (χ1n) is 9.55. The van der Waals surface area contributed by atoms with Gasteiger partial charge in [0.2, 0.25) is 0 Å². The molecule has 2 amide bonds. The van der Waals surface area contributed by atoms with Crippen LogP contribution < -0.4 is 5.32 Å². The number of hydrogen-bond donors (Lipinski definition) is 2.